The Balaban J connectivity index is 2.69. The van der Waals surface area contributed by atoms with Gasteiger partial charge in [0.15, 0.2) is 0 Å². The zero-order valence-corrected chi connectivity index (χ0v) is 12.7. The van der Waals surface area contributed by atoms with Crippen molar-refractivity contribution in [1.82, 2.24) is 4.98 Å². The molecule has 0 N–H and O–H groups in total. The number of aromatic nitrogens is 1. The zero-order chi connectivity index (χ0) is 14.5. The molecule has 1 aromatic rings. The molecule has 1 heterocycles. The van der Waals surface area contributed by atoms with Crippen molar-refractivity contribution < 1.29 is 17.0 Å². The quantitative estimate of drug-likeness (QED) is 0.721. The Morgan fingerprint density at radius 3 is 2.74 bits per heavy atom. The van der Waals surface area contributed by atoms with Crippen LogP contribution in [0.3, 0.4) is 0 Å². The molecule has 0 radical (unpaired) electrons. The van der Waals surface area contributed by atoms with Gasteiger partial charge >= 0.3 is 0 Å². The van der Waals surface area contributed by atoms with Crippen molar-refractivity contribution >= 4 is 15.7 Å². The van der Waals surface area contributed by atoms with E-state index < -0.39 is 10.1 Å². The van der Waals surface area contributed by atoms with Crippen LogP contribution in [-0.4, -0.2) is 26.3 Å². The zero-order valence-electron chi connectivity index (χ0n) is 11.9. The molecule has 0 spiro atoms. The average molecular weight is 287 g/mol. The molecule has 0 aliphatic rings. The summed E-state index contributed by atoms with van der Waals surface area (Å²) in [4.78, 5) is 4.37. The summed E-state index contributed by atoms with van der Waals surface area (Å²) in [5, 5.41) is 0. The van der Waals surface area contributed by atoms with Gasteiger partial charge in [-0.3, -0.25) is 4.18 Å². The molecule has 0 aliphatic heterocycles. The molecule has 6 heteroatoms. The minimum Gasteiger partial charge on any atom is -0.442 e. The molecule has 5 nitrogen and oxygen atoms in total. The van der Waals surface area contributed by atoms with E-state index in [2.05, 4.69) is 18.0 Å². The highest BCUT2D eigenvalue weighted by atomic mass is 32.2. The molecule has 1 aromatic heterocycles. The Morgan fingerprint density at radius 1 is 1.47 bits per heavy atom. The predicted molar refractivity (Wildman–Crippen MR) is 74.3 cm³/mol. The SMILES string of the molecule is CCC/C=C(/C)c1nc(CCOS(C)(=O)=O)c(C)o1. The molecule has 0 aromatic carbocycles. The first-order valence-electron chi connectivity index (χ1n) is 6.31. The summed E-state index contributed by atoms with van der Waals surface area (Å²) < 4.78 is 32.0. The molecule has 0 saturated carbocycles. The Bertz CT molecular complexity index is 543. The molecule has 1 rings (SSSR count). The predicted octanol–water partition coefficient (Wildman–Crippen LogP) is 2.71. The van der Waals surface area contributed by atoms with Gasteiger partial charge in [0, 0.05) is 12.0 Å². The lowest BCUT2D eigenvalue weighted by Crippen LogP contribution is -2.06. The maximum Gasteiger partial charge on any atom is 0.264 e. The van der Waals surface area contributed by atoms with Crippen LogP contribution in [0.1, 0.15) is 44.0 Å². The molecule has 0 atom stereocenters. The normalized spacial score (nSPS) is 12.9. The van der Waals surface area contributed by atoms with Crippen molar-refractivity contribution in [2.24, 2.45) is 0 Å². The average Bonchev–Trinajstić information content (AvgIpc) is 2.66. The summed E-state index contributed by atoms with van der Waals surface area (Å²) >= 11 is 0. The summed E-state index contributed by atoms with van der Waals surface area (Å²) in [6.45, 7) is 5.97. The van der Waals surface area contributed by atoms with E-state index in [1.807, 2.05) is 13.8 Å². The van der Waals surface area contributed by atoms with Crippen LogP contribution in [0, 0.1) is 6.92 Å². The van der Waals surface area contributed by atoms with Gasteiger partial charge in [-0.25, -0.2) is 4.98 Å². The van der Waals surface area contributed by atoms with Crippen LogP contribution in [0.4, 0.5) is 0 Å². The van der Waals surface area contributed by atoms with Gasteiger partial charge in [0.2, 0.25) is 5.89 Å². The highest BCUT2D eigenvalue weighted by molar-refractivity contribution is 7.85. The Hall–Kier alpha value is -1.14. The van der Waals surface area contributed by atoms with Crippen molar-refractivity contribution in [2.75, 3.05) is 12.9 Å². The number of rotatable bonds is 7. The Morgan fingerprint density at radius 2 is 2.16 bits per heavy atom. The summed E-state index contributed by atoms with van der Waals surface area (Å²) in [5.41, 5.74) is 1.74. The van der Waals surface area contributed by atoms with Crippen LogP contribution in [0.5, 0.6) is 0 Å². The molecule has 0 bridgehead atoms. The van der Waals surface area contributed by atoms with E-state index in [1.54, 1.807) is 0 Å². The van der Waals surface area contributed by atoms with Crippen LogP contribution >= 0.6 is 0 Å². The first-order valence-corrected chi connectivity index (χ1v) is 8.13. The lowest BCUT2D eigenvalue weighted by atomic mass is 10.2. The number of allylic oxidation sites excluding steroid dienone is 2. The second kappa shape index (κ2) is 6.86. The molecular weight excluding hydrogens is 266 g/mol. The lowest BCUT2D eigenvalue weighted by molar-refractivity contribution is 0.324. The monoisotopic (exact) mass is 287 g/mol. The molecule has 19 heavy (non-hydrogen) atoms. The van der Waals surface area contributed by atoms with E-state index in [0.29, 0.717) is 18.1 Å². The Kier molecular flexibility index (Phi) is 5.75. The van der Waals surface area contributed by atoms with E-state index >= 15 is 0 Å². The van der Waals surface area contributed by atoms with Crippen LogP contribution in [-0.2, 0) is 20.7 Å². The summed E-state index contributed by atoms with van der Waals surface area (Å²) in [6, 6.07) is 0. The van der Waals surface area contributed by atoms with Crippen molar-refractivity contribution in [3.05, 3.63) is 23.4 Å². The third-order valence-corrected chi connectivity index (χ3v) is 3.20. The fraction of sp³-hybridized carbons (Fsp3) is 0.615. The molecule has 0 amide bonds. The minimum absolute atomic E-state index is 0.0867. The van der Waals surface area contributed by atoms with Gasteiger partial charge in [-0.05, 0) is 20.3 Å². The molecule has 0 aliphatic carbocycles. The lowest BCUT2D eigenvalue weighted by Gasteiger charge is -1.98. The van der Waals surface area contributed by atoms with E-state index in [-0.39, 0.29) is 6.61 Å². The van der Waals surface area contributed by atoms with Gasteiger partial charge in [-0.1, -0.05) is 19.4 Å². The third kappa shape index (κ3) is 5.57. The standard InChI is InChI=1S/C13H21NO4S/c1-5-6-7-10(2)13-14-12(11(3)18-13)8-9-17-19(4,15)16/h7H,5-6,8-9H2,1-4H3/b10-7-. The molecule has 0 unspecified atom stereocenters. The van der Waals surface area contributed by atoms with Crippen molar-refractivity contribution in [3.8, 4) is 0 Å². The topological polar surface area (TPSA) is 69.4 Å². The first-order chi connectivity index (χ1) is 8.83. The fourth-order valence-electron chi connectivity index (χ4n) is 1.57. The van der Waals surface area contributed by atoms with Crippen LogP contribution in [0.25, 0.3) is 5.57 Å². The smallest absolute Gasteiger partial charge is 0.264 e. The third-order valence-electron chi connectivity index (χ3n) is 2.61. The van der Waals surface area contributed by atoms with E-state index in [1.165, 1.54) is 0 Å². The maximum atomic E-state index is 10.9. The van der Waals surface area contributed by atoms with Crippen LogP contribution in [0.2, 0.25) is 0 Å². The fourth-order valence-corrected chi connectivity index (χ4v) is 1.95. The number of aryl methyl sites for hydroxylation is 1. The van der Waals surface area contributed by atoms with Gasteiger partial charge in [0.25, 0.3) is 10.1 Å². The second-order valence-corrected chi connectivity index (χ2v) is 6.12. The van der Waals surface area contributed by atoms with Crippen molar-refractivity contribution in [2.45, 2.75) is 40.0 Å². The minimum atomic E-state index is -3.40. The number of nitrogens with zero attached hydrogens (tertiary/aromatic N) is 1. The number of unbranched alkanes of at least 4 members (excludes halogenated alkanes) is 1. The van der Waals surface area contributed by atoms with Crippen LogP contribution in [0.15, 0.2) is 10.5 Å². The van der Waals surface area contributed by atoms with Crippen LogP contribution < -0.4 is 0 Å². The van der Waals surface area contributed by atoms with E-state index in [9.17, 15) is 8.42 Å². The summed E-state index contributed by atoms with van der Waals surface area (Å²) in [6.07, 6.45) is 5.60. The van der Waals surface area contributed by atoms with Gasteiger partial charge in [0.05, 0.1) is 18.6 Å². The largest absolute Gasteiger partial charge is 0.442 e. The Labute approximate surface area is 114 Å². The highest BCUT2D eigenvalue weighted by Gasteiger charge is 2.11. The van der Waals surface area contributed by atoms with E-state index in [4.69, 9.17) is 8.60 Å². The van der Waals surface area contributed by atoms with Gasteiger partial charge < -0.3 is 4.42 Å². The van der Waals surface area contributed by atoms with Gasteiger partial charge in [-0.2, -0.15) is 8.42 Å². The van der Waals surface area contributed by atoms with Crippen molar-refractivity contribution in [1.29, 1.82) is 0 Å². The second-order valence-electron chi connectivity index (χ2n) is 4.47. The summed E-state index contributed by atoms with van der Waals surface area (Å²) in [5.74, 6) is 1.30. The highest BCUT2D eigenvalue weighted by Crippen LogP contribution is 2.18. The molecule has 0 saturated heterocycles. The number of hydrogen-bond donors (Lipinski definition) is 0. The summed E-state index contributed by atoms with van der Waals surface area (Å²) in [7, 11) is -3.40. The van der Waals surface area contributed by atoms with Gasteiger partial charge in [0.1, 0.15) is 5.76 Å². The first kappa shape index (κ1) is 15.9. The molecule has 0 fully saturated rings. The number of hydrogen-bond acceptors (Lipinski definition) is 5. The maximum absolute atomic E-state index is 10.9. The number of oxazole rings is 1. The van der Waals surface area contributed by atoms with Crippen molar-refractivity contribution in [3.63, 3.8) is 0 Å². The molecular formula is C13H21NO4S. The van der Waals surface area contributed by atoms with E-state index in [0.717, 1.165) is 30.4 Å². The van der Waals surface area contributed by atoms with Gasteiger partial charge in [-0.15, -0.1) is 0 Å². The molecule has 108 valence electrons.